The van der Waals surface area contributed by atoms with Crippen molar-refractivity contribution in [3.63, 3.8) is 0 Å². The molecule has 0 radical (unpaired) electrons. The highest BCUT2D eigenvalue weighted by Crippen LogP contribution is 2.49. The van der Waals surface area contributed by atoms with Gasteiger partial charge in [0.1, 0.15) is 0 Å². The van der Waals surface area contributed by atoms with Crippen LogP contribution in [0.2, 0.25) is 0 Å². The Kier molecular flexibility index (Phi) is 3.99. The van der Waals surface area contributed by atoms with Crippen LogP contribution >= 0.6 is 0 Å². The van der Waals surface area contributed by atoms with Gasteiger partial charge < -0.3 is 0 Å². The number of hydrogen-bond acceptors (Lipinski definition) is 0. The summed E-state index contributed by atoms with van der Waals surface area (Å²) in [5, 5.41) is 0. The van der Waals surface area contributed by atoms with Gasteiger partial charge in [-0.15, -0.1) is 0 Å². The fourth-order valence-electron chi connectivity index (χ4n) is 4.66. The van der Waals surface area contributed by atoms with Crippen LogP contribution in [0, 0.1) is 13.8 Å². The largest absolute Gasteiger partial charge is 0.0619 e. The molecular formula is C29H26. The van der Waals surface area contributed by atoms with Gasteiger partial charge in [-0.25, -0.2) is 0 Å². The van der Waals surface area contributed by atoms with Crippen molar-refractivity contribution in [1.29, 1.82) is 0 Å². The quantitative estimate of drug-likeness (QED) is 0.334. The summed E-state index contributed by atoms with van der Waals surface area (Å²) in [5.74, 6) is 0. The molecule has 0 nitrogen and oxygen atoms in total. The number of aryl methyl sites for hydroxylation is 2. The minimum Gasteiger partial charge on any atom is -0.0619 e. The standard InChI is InChI=1S/C29H26/c1-19-9-10-23(17-20(19)2)21-11-13-22(14-12-21)24-15-16-26-25-7-5-6-8-27(25)29(3,4)28(26)18-24/h5-18H,1-4H3. The van der Waals surface area contributed by atoms with Gasteiger partial charge >= 0.3 is 0 Å². The maximum Gasteiger partial charge on any atom is 0.0159 e. The average molecular weight is 375 g/mol. The van der Waals surface area contributed by atoms with Gasteiger partial charge in [-0.05, 0) is 75.5 Å². The molecule has 0 fully saturated rings. The molecule has 1 aliphatic carbocycles. The first-order valence-corrected chi connectivity index (χ1v) is 10.4. The minimum atomic E-state index is 0.0430. The highest BCUT2D eigenvalue weighted by atomic mass is 14.4. The molecule has 4 aromatic rings. The van der Waals surface area contributed by atoms with Crippen LogP contribution in [0.3, 0.4) is 0 Å². The Hall–Kier alpha value is -3.12. The Labute approximate surface area is 173 Å². The molecule has 0 heteroatoms. The average Bonchev–Trinajstić information content (AvgIpc) is 2.97. The monoisotopic (exact) mass is 374 g/mol. The van der Waals surface area contributed by atoms with Gasteiger partial charge in [-0.2, -0.15) is 0 Å². The Morgan fingerprint density at radius 2 is 1.03 bits per heavy atom. The number of hydrogen-bond donors (Lipinski definition) is 0. The summed E-state index contributed by atoms with van der Waals surface area (Å²) in [7, 11) is 0. The third-order valence-electron chi connectivity index (χ3n) is 6.64. The first-order valence-electron chi connectivity index (χ1n) is 10.4. The van der Waals surface area contributed by atoms with Gasteiger partial charge in [0, 0.05) is 5.41 Å². The van der Waals surface area contributed by atoms with Crippen molar-refractivity contribution in [2.75, 3.05) is 0 Å². The molecule has 5 rings (SSSR count). The van der Waals surface area contributed by atoms with E-state index in [1.54, 1.807) is 0 Å². The first-order chi connectivity index (χ1) is 13.9. The van der Waals surface area contributed by atoms with Gasteiger partial charge in [-0.3, -0.25) is 0 Å². The summed E-state index contributed by atoms with van der Waals surface area (Å²) in [5.41, 5.74) is 13.4. The molecule has 0 amide bonds. The summed E-state index contributed by atoms with van der Waals surface area (Å²) in [6.07, 6.45) is 0. The topological polar surface area (TPSA) is 0 Å². The van der Waals surface area contributed by atoms with E-state index in [9.17, 15) is 0 Å². The van der Waals surface area contributed by atoms with Gasteiger partial charge in [0.25, 0.3) is 0 Å². The minimum absolute atomic E-state index is 0.0430. The van der Waals surface area contributed by atoms with E-state index < -0.39 is 0 Å². The molecule has 0 saturated heterocycles. The maximum absolute atomic E-state index is 2.39. The first kappa shape index (κ1) is 17.9. The van der Waals surface area contributed by atoms with Gasteiger partial charge in [0.05, 0.1) is 0 Å². The van der Waals surface area contributed by atoms with Crippen LogP contribution in [-0.4, -0.2) is 0 Å². The molecule has 0 bridgehead atoms. The third kappa shape index (κ3) is 2.83. The Bertz CT molecular complexity index is 1220. The lowest BCUT2D eigenvalue weighted by Gasteiger charge is -2.22. The molecule has 0 N–H and O–H groups in total. The van der Waals surface area contributed by atoms with Crippen LogP contribution < -0.4 is 0 Å². The number of fused-ring (bicyclic) bond motifs is 3. The lowest BCUT2D eigenvalue weighted by Crippen LogP contribution is -2.14. The predicted octanol–water partition coefficient (Wildman–Crippen LogP) is 7.94. The predicted molar refractivity (Wildman–Crippen MR) is 124 cm³/mol. The van der Waals surface area contributed by atoms with Crippen LogP contribution in [0.25, 0.3) is 33.4 Å². The van der Waals surface area contributed by atoms with Crippen LogP contribution in [-0.2, 0) is 5.41 Å². The fourth-order valence-corrected chi connectivity index (χ4v) is 4.66. The number of rotatable bonds is 2. The van der Waals surface area contributed by atoms with Crippen molar-refractivity contribution in [3.05, 3.63) is 107 Å². The zero-order chi connectivity index (χ0) is 20.2. The fraction of sp³-hybridized carbons (Fsp3) is 0.172. The smallest absolute Gasteiger partial charge is 0.0159 e. The molecule has 0 aromatic heterocycles. The summed E-state index contributed by atoms with van der Waals surface area (Å²) < 4.78 is 0. The molecule has 142 valence electrons. The van der Waals surface area contributed by atoms with Crippen molar-refractivity contribution >= 4 is 0 Å². The summed E-state index contributed by atoms with van der Waals surface area (Å²) >= 11 is 0. The highest BCUT2D eigenvalue weighted by Gasteiger charge is 2.35. The van der Waals surface area contributed by atoms with E-state index >= 15 is 0 Å². The normalized spacial score (nSPS) is 13.8. The molecule has 0 aliphatic heterocycles. The lowest BCUT2D eigenvalue weighted by atomic mass is 9.81. The van der Waals surface area contributed by atoms with E-state index in [1.165, 1.54) is 55.6 Å². The summed E-state index contributed by atoms with van der Waals surface area (Å²) in [6, 6.07) is 31.5. The van der Waals surface area contributed by atoms with E-state index in [-0.39, 0.29) is 5.41 Å². The molecule has 0 atom stereocenters. The second-order valence-corrected chi connectivity index (χ2v) is 8.81. The van der Waals surface area contributed by atoms with Crippen molar-refractivity contribution in [1.82, 2.24) is 0 Å². The second-order valence-electron chi connectivity index (χ2n) is 8.81. The van der Waals surface area contributed by atoms with E-state index in [4.69, 9.17) is 0 Å². The van der Waals surface area contributed by atoms with Crippen LogP contribution in [0.4, 0.5) is 0 Å². The van der Waals surface area contributed by atoms with Crippen LogP contribution in [0.5, 0.6) is 0 Å². The zero-order valence-electron chi connectivity index (χ0n) is 17.6. The van der Waals surface area contributed by atoms with Crippen molar-refractivity contribution in [2.24, 2.45) is 0 Å². The van der Waals surface area contributed by atoms with Crippen molar-refractivity contribution in [2.45, 2.75) is 33.1 Å². The van der Waals surface area contributed by atoms with Crippen molar-refractivity contribution < 1.29 is 0 Å². The molecule has 0 unspecified atom stereocenters. The molecule has 0 spiro atoms. The van der Waals surface area contributed by atoms with E-state index in [0.717, 1.165) is 0 Å². The lowest BCUT2D eigenvalue weighted by molar-refractivity contribution is 0.660. The Morgan fingerprint density at radius 1 is 0.483 bits per heavy atom. The molecular weight excluding hydrogens is 348 g/mol. The van der Waals surface area contributed by atoms with E-state index in [1.807, 2.05) is 0 Å². The zero-order valence-corrected chi connectivity index (χ0v) is 17.6. The van der Waals surface area contributed by atoms with Gasteiger partial charge in [0.15, 0.2) is 0 Å². The Balaban J connectivity index is 1.53. The number of benzene rings is 4. The van der Waals surface area contributed by atoms with Crippen LogP contribution in [0.1, 0.15) is 36.1 Å². The SMILES string of the molecule is Cc1ccc(-c2ccc(-c3ccc4c(c3)C(C)(C)c3ccccc3-4)cc2)cc1C. The van der Waals surface area contributed by atoms with E-state index in [2.05, 4.69) is 113 Å². The van der Waals surface area contributed by atoms with Crippen LogP contribution in [0.15, 0.2) is 84.9 Å². The molecule has 0 heterocycles. The summed E-state index contributed by atoms with van der Waals surface area (Å²) in [4.78, 5) is 0. The highest BCUT2D eigenvalue weighted by molar-refractivity contribution is 5.83. The third-order valence-corrected chi connectivity index (χ3v) is 6.64. The molecule has 0 saturated carbocycles. The van der Waals surface area contributed by atoms with Crippen molar-refractivity contribution in [3.8, 4) is 33.4 Å². The molecule has 29 heavy (non-hydrogen) atoms. The molecule has 4 aromatic carbocycles. The summed E-state index contributed by atoms with van der Waals surface area (Å²) in [6.45, 7) is 9.02. The Morgan fingerprint density at radius 3 is 1.72 bits per heavy atom. The van der Waals surface area contributed by atoms with E-state index in [0.29, 0.717) is 0 Å². The maximum atomic E-state index is 2.39. The van der Waals surface area contributed by atoms with Gasteiger partial charge in [-0.1, -0.05) is 92.7 Å². The molecule has 1 aliphatic rings. The van der Waals surface area contributed by atoms with Gasteiger partial charge in [0.2, 0.25) is 0 Å². The second kappa shape index (κ2) is 6.46.